The number of hydrogen-bond donors (Lipinski definition) is 3. The Labute approximate surface area is 195 Å². The highest BCUT2D eigenvalue weighted by molar-refractivity contribution is 5.93. The van der Waals surface area contributed by atoms with Gasteiger partial charge in [-0.05, 0) is 30.3 Å². The number of H-pyrrole nitrogens is 1. The molecule has 1 aromatic carbocycles. The molecule has 1 saturated heterocycles. The van der Waals surface area contributed by atoms with Gasteiger partial charge in [0.2, 0.25) is 0 Å². The molecule has 3 aromatic heterocycles. The number of aromatic nitrogens is 4. The standard InChI is InChI=1S/C25H25N5O4/c31-15-19(32)12-22-28-24-20(25(33)29-22)13-21(27-23(24)17-2-1-7-26-14-17)16-3-5-18(6-4-16)30-8-10-34-11-9-30/h1-7,13-14,19,31-32H,8-12,15H2,(H,28,29,33). The summed E-state index contributed by atoms with van der Waals surface area (Å²) in [5, 5.41) is 19.4. The molecule has 4 aromatic rings. The molecule has 0 spiro atoms. The van der Waals surface area contributed by atoms with Crippen LogP contribution in [0.25, 0.3) is 33.4 Å². The maximum Gasteiger partial charge on any atom is 0.258 e. The summed E-state index contributed by atoms with van der Waals surface area (Å²) in [4.78, 5) is 31.6. The molecule has 1 unspecified atom stereocenters. The van der Waals surface area contributed by atoms with Crippen LogP contribution in [0.5, 0.6) is 0 Å². The molecule has 0 amide bonds. The number of morpholine rings is 1. The van der Waals surface area contributed by atoms with E-state index in [2.05, 4.69) is 32.0 Å². The maximum atomic E-state index is 13.0. The van der Waals surface area contributed by atoms with Crippen LogP contribution >= 0.6 is 0 Å². The van der Waals surface area contributed by atoms with E-state index in [9.17, 15) is 15.0 Å². The third-order valence-electron chi connectivity index (χ3n) is 5.86. The first-order chi connectivity index (χ1) is 16.6. The lowest BCUT2D eigenvalue weighted by Crippen LogP contribution is -2.36. The fourth-order valence-corrected chi connectivity index (χ4v) is 4.09. The second-order valence-corrected chi connectivity index (χ2v) is 8.19. The molecule has 174 valence electrons. The average Bonchev–Trinajstić information content (AvgIpc) is 2.89. The second kappa shape index (κ2) is 9.68. The van der Waals surface area contributed by atoms with E-state index in [1.807, 2.05) is 18.2 Å². The molecule has 1 atom stereocenters. The molecule has 9 nitrogen and oxygen atoms in total. The smallest absolute Gasteiger partial charge is 0.258 e. The third-order valence-corrected chi connectivity index (χ3v) is 5.86. The number of aliphatic hydroxyl groups is 2. The van der Waals surface area contributed by atoms with Gasteiger partial charge in [-0.3, -0.25) is 9.78 Å². The molecule has 0 aliphatic carbocycles. The lowest BCUT2D eigenvalue weighted by molar-refractivity contribution is 0.0939. The van der Waals surface area contributed by atoms with E-state index in [0.717, 1.165) is 43.1 Å². The number of rotatable bonds is 6. The van der Waals surface area contributed by atoms with Crippen molar-refractivity contribution in [2.45, 2.75) is 12.5 Å². The van der Waals surface area contributed by atoms with E-state index in [-0.39, 0.29) is 17.8 Å². The van der Waals surface area contributed by atoms with Gasteiger partial charge >= 0.3 is 0 Å². The Bertz CT molecular complexity index is 1340. The Kier molecular flexibility index (Phi) is 6.31. The van der Waals surface area contributed by atoms with E-state index < -0.39 is 12.7 Å². The molecule has 9 heteroatoms. The van der Waals surface area contributed by atoms with Crippen molar-refractivity contribution in [1.82, 2.24) is 19.9 Å². The van der Waals surface area contributed by atoms with Crippen LogP contribution < -0.4 is 10.5 Å². The summed E-state index contributed by atoms with van der Waals surface area (Å²) in [6, 6.07) is 13.5. The molecule has 1 aliphatic rings. The lowest BCUT2D eigenvalue weighted by Gasteiger charge is -2.28. The van der Waals surface area contributed by atoms with Crippen molar-refractivity contribution in [1.29, 1.82) is 0 Å². The average molecular weight is 460 g/mol. The minimum absolute atomic E-state index is 0.0267. The summed E-state index contributed by atoms with van der Waals surface area (Å²) in [5.74, 6) is 0.286. The highest BCUT2D eigenvalue weighted by atomic mass is 16.5. The number of fused-ring (bicyclic) bond motifs is 1. The van der Waals surface area contributed by atoms with Crippen molar-refractivity contribution in [3.63, 3.8) is 0 Å². The Morgan fingerprint density at radius 3 is 2.59 bits per heavy atom. The molecule has 0 bridgehead atoms. The molecule has 0 saturated carbocycles. The van der Waals surface area contributed by atoms with Gasteiger partial charge in [-0.2, -0.15) is 0 Å². The van der Waals surface area contributed by atoms with Gasteiger partial charge in [0.1, 0.15) is 11.3 Å². The Morgan fingerprint density at radius 1 is 1.09 bits per heavy atom. The summed E-state index contributed by atoms with van der Waals surface area (Å²) in [6.07, 6.45) is 2.36. The van der Waals surface area contributed by atoms with Gasteiger partial charge in [0.05, 0.1) is 42.7 Å². The normalized spacial score (nSPS) is 14.9. The van der Waals surface area contributed by atoms with Crippen molar-refractivity contribution >= 4 is 16.6 Å². The predicted octanol–water partition coefficient (Wildman–Crippen LogP) is 1.78. The zero-order chi connectivity index (χ0) is 23.5. The van der Waals surface area contributed by atoms with E-state index in [4.69, 9.17) is 9.72 Å². The summed E-state index contributed by atoms with van der Waals surface area (Å²) in [5.41, 5.74) is 4.00. The van der Waals surface area contributed by atoms with Gasteiger partial charge in [0.25, 0.3) is 5.56 Å². The minimum Gasteiger partial charge on any atom is -0.394 e. The number of benzene rings is 1. The number of aliphatic hydroxyl groups excluding tert-OH is 2. The molecule has 3 N–H and O–H groups in total. The number of pyridine rings is 2. The minimum atomic E-state index is -1.01. The fraction of sp³-hybridized carbons (Fsp3) is 0.280. The topological polar surface area (TPSA) is 124 Å². The van der Waals surface area contributed by atoms with Crippen LogP contribution in [0.3, 0.4) is 0 Å². The van der Waals surface area contributed by atoms with E-state index in [0.29, 0.717) is 22.3 Å². The van der Waals surface area contributed by atoms with E-state index >= 15 is 0 Å². The van der Waals surface area contributed by atoms with E-state index in [1.165, 1.54) is 0 Å². The molecule has 1 aliphatic heterocycles. The summed E-state index contributed by atoms with van der Waals surface area (Å²) in [6.45, 7) is 2.72. The number of aromatic amines is 1. The first-order valence-electron chi connectivity index (χ1n) is 11.2. The molecule has 0 radical (unpaired) electrons. The molecule has 1 fully saturated rings. The first kappa shape index (κ1) is 22.1. The number of nitrogens with one attached hydrogen (secondary N) is 1. The number of hydrogen-bond acceptors (Lipinski definition) is 8. The van der Waals surface area contributed by atoms with Crippen LogP contribution in [0.2, 0.25) is 0 Å². The monoisotopic (exact) mass is 459 g/mol. The van der Waals surface area contributed by atoms with Crippen molar-refractivity contribution in [2.24, 2.45) is 0 Å². The van der Waals surface area contributed by atoms with Gasteiger partial charge in [-0.1, -0.05) is 12.1 Å². The SMILES string of the molecule is O=c1[nH]c(CC(O)CO)nc2c(-c3cccnc3)nc(-c3ccc(N4CCOCC4)cc3)cc12. The number of nitrogens with zero attached hydrogens (tertiary/aromatic N) is 4. The molecular formula is C25H25N5O4. The highest BCUT2D eigenvalue weighted by Crippen LogP contribution is 2.29. The van der Waals surface area contributed by atoms with Gasteiger partial charge in [-0.25, -0.2) is 9.97 Å². The van der Waals surface area contributed by atoms with Crippen LogP contribution in [-0.2, 0) is 11.2 Å². The summed E-state index contributed by atoms with van der Waals surface area (Å²) in [7, 11) is 0. The largest absolute Gasteiger partial charge is 0.394 e. The molecule has 5 rings (SSSR count). The first-order valence-corrected chi connectivity index (χ1v) is 11.2. The van der Waals surface area contributed by atoms with Crippen LogP contribution in [0, 0.1) is 0 Å². The van der Waals surface area contributed by atoms with Crippen LogP contribution in [0.15, 0.2) is 59.7 Å². The van der Waals surface area contributed by atoms with Crippen LogP contribution in [0.1, 0.15) is 5.82 Å². The van der Waals surface area contributed by atoms with Crippen LogP contribution in [0.4, 0.5) is 5.69 Å². The highest BCUT2D eigenvalue weighted by Gasteiger charge is 2.17. The van der Waals surface area contributed by atoms with Crippen molar-refractivity contribution in [2.75, 3.05) is 37.8 Å². The van der Waals surface area contributed by atoms with Crippen molar-refractivity contribution in [3.8, 4) is 22.5 Å². The second-order valence-electron chi connectivity index (χ2n) is 8.19. The quantitative estimate of drug-likeness (QED) is 0.399. The molecule has 34 heavy (non-hydrogen) atoms. The zero-order valence-corrected chi connectivity index (χ0v) is 18.5. The summed E-state index contributed by atoms with van der Waals surface area (Å²) >= 11 is 0. The Morgan fingerprint density at radius 2 is 1.88 bits per heavy atom. The Hall–Kier alpha value is -3.66. The van der Waals surface area contributed by atoms with Gasteiger partial charge < -0.3 is 24.8 Å². The molecular weight excluding hydrogens is 434 g/mol. The van der Waals surface area contributed by atoms with E-state index in [1.54, 1.807) is 24.5 Å². The number of ether oxygens (including phenoxy) is 1. The molecule has 4 heterocycles. The Balaban J connectivity index is 1.61. The van der Waals surface area contributed by atoms with Crippen molar-refractivity contribution in [3.05, 3.63) is 71.0 Å². The fourth-order valence-electron chi connectivity index (χ4n) is 4.09. The third kappa shape index (κ3) is 4.54. The maximum absolute atomic E-state index is 13.0. The van der Waals surface area contributed by atoms with Crippen LogP contribution in [-0.4, -0.2) is 69.2 Å². The summed E-state index contributed by atoms with van der Waals surface area (Å²) < 4.78 is 5.44. The van der Waals surface area contributed by atoms with Crippen molar-refractivity contribution < 1.29 is 14.9 Å². The predicted molar refractivity (Wildman–Crippen MR) is 129 cm³/mol. The number of anilines is 1. The zero-order valence-electron chi connectivity index (χ0n) is 18.5. The van der Waals surface area contributed by atoms with Gasteiger partial charge in [0.15, 0.2) is 0 Å². The van der Waals surface area contributed by atoms with Gasteiger partial charge in [-0.15, -0.1) is 0 Å². The lowest BCUT2D eigenvalue weighted by atomic mass is 10.0. The van der Waals surface area contributed by atoms with Gasteiger partial charge in [0, 0.05) is 48.7 Å².